The molecular weight excluding hydrogens is 404 g/mol. The number of rotatable bonds is 10. The molecule has 0 aromatic heterocycles. The second kappa shape index (κ2) is 11.9. The van der Waals surface area contributed by atoms with Gasteiger partial charge >= 0.3 is 0 Å². The molecule has 2 rings (SSSR count). The third-order valence-corrected chi connectivity index (χ3v) is 6.53. The lowest BCUT2D eigenvalue weighted by Gasteiger charge is -2.30. The van der Waals surface area contributed by atoms with Gasteiger partial charge in [-0.3, -0.25) is 9.59 Å². The standard InChI is InChI=1S/C26H36N2O2S/c1-7-21(5)27-26(30)22(6)28(15-24-11-9-8-10-20(24)4)25(29)17-31-16-23-13-18(2)12-19(3)14-23/h8-14,21-22H,7,15-17H2,1-6H3,(H,27,30)/t21-,22-/m1/s1. The Hall–Kier alpha value is -2.27. The SMILES string of the molecule is CC[C@@H](C)NC(=O)[C@@H](C)N(Cc1ccccc1C)C(=O)CSCc1cc(C)cc(C)c1. The molecule has 5 heteroatoms. The van der Waals surface area contributed by atoms with E-state index >= 15 is 0 Å². The molecule has 0 saturated heterocycles. The first-order valence-electron chi connectivity index (χ1n) is 11.0. The van der Waals surface area contributed by atoms with Gasteiger partial charge < -0.3 is 10.2 Å². The smallest absolute Gasteiger partial charge is 0.242 e. The minimum Gasteiger partial charge on any atom is -0.352 e. The van der Waals surface area contributed by atoms with Crippen LogP contribution in [-0.2, 0) is 21.9 Å². The third kappa shape index (κ3) is 7.73. The summed E-state index contributed by atoms with van der Waals surface area (Å²) in [6, 6.07) is 14.1. The van der Waals surface area contributed by atoms with Crippen molar-refractivity contribution >= 4 is 23.6 Å². The monoisotopic (exact) mass is 440 g/mol. The Bertz CT molecular complexity index is 876. The maximum Gasteiger partial charge on any atom is 0.242 e. The highest BCUT2D eigenvalue weighted by Gasteiger charge is 2.27. The molecule has 2 aromatic carbocycles. The highest BCUT2D eigenvalue weighted by atomic mass is 32.2. The van der Waals surface area contributed by atoms with Crippen LogP contribution >= 0.6 is 11.8 Å². The predicted octanol–water partition coefficient (Wildman–Crippen LogP) is 5.18. The van der Waals surface area contributed by atoms with Gasteiger partial charge in [-0.15, -0.1) is 11.8 Å². The molecule has 0 saturated carbocycles. The highest BCUT2D eigenvalue weighted by Crippen LogP contribution is 2.19. The van der Waals surface area contributed by atoms with Crippen molar-refractivity contribution in [2.24, 2.45) is 0 Å². The zero-order valence-corrected chi connectivity index (χ0v) is 20.5. The molecule has 2 aromatic rings. The molecule has 0 radical (unpaired) electrons. The van der Waals surface area contributed by atoms with E-state index in [2.05, 4.69) is 37.4 Å². The molecular formula is C26H36N2O2S. The van der Waals surface area contributed by atoms with Crippen LogP contribution in [0.15, 0.2) is 42.5 Å². The summed E-state index contributed by atoms with van der Waals surface area (Å²) in [6.07, 6.45) is 0.857. The van der Waals surface area contributed by atoms with Gasteiger partial charge in [-0.05, 0) is 57.7 Å². The maximum absolute atomic E-state index is 13.2. The molecule has 0 bridgehead atoms. The van der Waals surface area contributed by atoms with Crippen LogP contribution in [0.3, 0.4) is 0 Å². The van der Waals surface area contributed by atoms with E-state index in [0.29, 0.717) is 12.3 Å². The van der Waals surface area contributed by atoms with E-state index < -0.39 is 6.04 Å². The lowest BCUT2D eigenvalue weighted by atomic mass is 10.1. The van der Waals surface area contributed by atoms with Crippen molar-refractivity contribution in [2.75, 3.05) is 5.75 Å². The van der Waals surface area contributed by atoms with Gasteiger partial charge in [0.25, 0.3) is 0 Å². The van der Waals surface area contributed by atoms with Gasteiger partial charge in [-0.2, -0.15) is 0 Å². The fraction of sp³-hybridized carbons (Fsp3) is 0.462. The summed E-state index contributed by atoms with van der Waals surface area (Å²) in [5.41, 5.74) is 5.89. The van der Waals surface area contributed by atoms with Crippen LogP contribution < -0.4 is 5.32 Å². The maximum atomic E-state index is 13.2. The second-order valence-electron chi connectivity index (χ2n) is 8.43. The molecule has 0 aliphatic heterocycles. The first-order valence-corrected chi connectivity index (χ1v) is 12.2. The summed E-state index contributed by atoms with van der Waals surface area (Å²) in [5, 5.41) is 3.02. The summed E-state index contributed by atoms with van der Waals surface area (Å²) in [4.78, 5) is 27.7. The Morgan fingerprint density at radius 3 is 2.29 bits per heavy atom. The van der Waals surface area contributed by atoms with E-state index in [0.717, 1.165) is 23.3 Å². The highest BCUT2D eigenvalue weighted by molar-refractivity contribution is 7.99. The number of amides is 2. The first-order chi connectivity index (χ1) is 14.7. The van der Waals surface area contributed by atoms with E-state index in [1.165, 1.54) is 16.7 Å². The average Bonchev–Trinajstić information content (AvgIpc) is 2.71. The molecule has 1 N–H and O–H groups in total. The number of aryl methyl sites for hydroxylation is 3. The van der Waals surface area contributed by atoms with Gasteiger partial charge in [0.05, 0.1) is 5.75 Å². The number of carbonyl (C=O) groups excluding carboxylic acids is 2. The molecule has 0 aliphatic carbocycles. The lowest BCUT2D eigenvalue weighted by Crippen LogP contribution is -2.50. The molecule has 0 unspecified atom stereocenters. The Morgan fingerprint density at radius 2 is 1.68 bits per heavy atom. The number of benzene rings is 2. The van der Waals surface area contributed by atoms with Crippen molar-refractivity contribution in [1.29, 1.82) is 0 Å². The van der Waals surface area contributed by atoms with Gasteiger partial charge in [-0.1, -0.05) is 60.5 Å². The molecule has 0 fully saturated rings. The van der Waals surface area contributed by atoms with Crippen molar-refractivity contribution in [3.63, 3.8) is 0 Å². The number of carbonyl (C=O) groups is 2. The topological polar surface area (TPSA) is 49.4 Å². The van der Waals surface area contributed by atoms with Crippen LogP contribution in [0.4, 0.5) is 0 Å². The van der Waals surface area contributed by atoms with Crippen molar-refractivity contribution in [1.82, 2.24) is 10.2 Å². The summed E-state index contributed by atoms with van der Waals surface area (Å²) in [5.74, 6) is 1.01. The molecule has 168 valence electrons. The number of hydrogen-bond donors (Lipinski definition) is 1. The molecule has 31 heavy (non-hydrogen) atoms. The van der Waals surface area contributed by atoms with Crippen LogP contribution in [-0.4, -0.2) is 34.6 Å². The van der Waals surface area contributed by atoms with Crippen LogP contribution in [0.5, 0.6) is 0 Å². The second-order valence-corrected chi connectivity index (χ2v) is 9.42. The van der Waals surface area contributed by atoms with E-state index in [1.807, 2.05) is 52.0 Å². The van der Waals surface area contributed by atoms with Gasteiger partial charge in [0.15, 0.2) is 0 Å². The fourth-order valence-corrected chi connectivity index (χ4v) is 4.36. The molecule has 2 amide bonds. The minimum absolute atomic E-state index is 0.00979. The van der Waals surface area contributed by atoms with E-state index in [1.54, 1.807) is 16.7 Å². The van der Waals surface area contributed by atoms with E-state index in [-0.39, 0.29) is 17.9 Å². The summed E-state index contributed by atoms with van der Waals surface area (Å²) >= 11 is 1.60. The van der Waals surface area contributed by atoms with E-state index in [9.17, 15) is 9.59 Å². The van der Waals surface area contributed by atoms with Gasteiger partial charge in [0.1, 0.15) is 6.04 Å². The van der Waals surface area contributed by atoms with Crippen molar-refractivity contribution in [2.45, 2.75) is 72.3 Å². The van der Waals surface area contributed by atoms with Crippen LogP contribution in [0, 0.1) is 20.8 Å². The molecule has 0 spiro atoms. The number of thioether (sulfide) groups is 1. The van der Waals surface area contributed by atoms with Gasteiger partial charge in [-0.25, -0.2) is 0 Å². The molecule has 4 nitrogen and oxygen atoms in total. The van der Waals surface area contributed by atoms with Gasteiger partial charge in [0, 0.05) is 18.3 Å². The fourth-order valence-electron chi connectivity index (χ4n) is 3.51. The Kier molecular flexibility index (Phi) is 9.63. The zero-order valence-electron chi connectivity index (χ0n) is 19.7. The number of nitrogens with zero attached hydrogens (tertiary/aromatic N) is 1. The first kappa shape index (κ1) is 25.0. The number of nitrogens with one attached hydrogen (secondary N) is 1. The Balaban J connectivity index is 2.11. The zero-order chi connectivity index (χ0) is 23.0. The normalized spacial score (nSPS) is 12.8. The van der Waals surface area contributed by atoms with Crippen LogP contribution in [0.25, 0.3) is 0 Å². The quantitative estimate of drug-likeness (QED) is 0.554. The third-order valence-electron chi connectivity index (χ3n) is 5.55. The van der Waals surface area contributed by atoms with Crippen LogP contribution in [0.1, 0.15) is 55.0 Å². The average molecular weight is 441 g/mol. The molecule has 0 aliphatic rings. The number of hydrogen-bond acceptors (Lipinski definition) is 3. The Morgan fingerprint density at radius 1 is 1.03 bits per heavy atom. The summed E-state index contributed by atoms with van der Waals surface area (Å²) < 4.78 is 0. The molecule has 2 atom stereocenters. The summed E-state index contributed by atoms with van der Waals surface area (Å²) in [7, 11) is 0. The minimum atomic E-state index is -0.525. The predicted molar refractivity (Wildman–Crippen MR) is 131 cm³/mol. The van der Waals surface area contributed by atoms with Gasteiger partial charge in [0.2, 0.25) is 11.8 Å². The van der Waals surface area contributed by atoms with Crippen LogP contribution in [0.2, 0.25) is 0 Å². The Labute approximate surface area is 191 Å². The lowest BCUT2D eigenvalue weighted by molar-refractivity contribution is -0.138. The largest absolute Gasteiger partial charge is 0.352 e. The van der Waals surface area contributed by atoms with Crippen molar-refractivity contribution in [3.05, 3.63) is 70.3 Å². The van der Waals surface area contributed by atoms with E-state index in [4.69, 9.17) is 0 Å². The molecule has 0 heterocycles. The van der Waals surface area contributed by atoms with Crippen molar-refractivity contribution in [3.8, 4) is 0 Å². The van der Waals surface area contributed by atoms with Crippen molar-refractivity contribution < 1.29 is 9.59 Å². The summed E-state index contributed by atoms with van der Waals surface area (Å²) in [6.45, 7) is 12.5.